The Morgan fingerprint density at radius 2 is 1.84 bits per heavy atom. The van der Waals surface area contributed by atoms with E-state index < -0.39 is 0 Å². The number of rotatable bonds is 6. The van der Waals surface area contributed by atoms with Crippen LogP contribution in [0.2, 0.25) is 0 Å². The molecular formula is C18H18N6O. The molecule has 0 saturated heterocycles. The molecule has 0 saturated carbocycles. The molecular weight excluding hydrogens is 316 g/mol. The van der Waals surface area contributed by atoms with Gasteiger partial charge in [0.15, 0.2) is 5.82 Å². The Morgan fingerprint density at radius 1 is 1.04 bits per heavy atom. The predicted molar refractivity (Wildman–Crippen MR) is 97.6 cm³/mol. The maximum absolute atomic E-state index is 11.1. The van der Waals surface area contributed by atoms with E-state index in [0.29, 0.717) is 24.0 Å². The smallest absolute Gasteiger partial charge is 0.249 e. The van der Waals surface area contributed by atoms with E-state index in [2.05, 4.69) is 31.1 Å². The number of carbonyl (C=O) groups excluding carboxylic acids is 1. The van der Waals surface area contributed by atoms with Crippen molar-refractivity contribution < 1.29 is 4.79 Å². The lowest BCUT2D eigenvalue weighted by molar-refractivity contribution is -0.114. The SMILES string of the molecule is CC(=O)Nc1cccc(Nc2nncc(NCc3ccccc3)n2)c1. The lowest BCUT2D eigenvalue weighted by Gasteiger charge is -2.09. The third kappa shape index (κ3) is 5.00. The van der Waals surface area contributed by atoms with Crippen molar-refractivity contribution in [3.05, 3.63) is 66.4 Å². The summed E-state index contributed by atoms with van der Waals surface area (Å²) in [5.74, 6) is 0.875. The number of aromatic nitrogens is 3. The van der Waals surface area contributed by atoms with Crippen LogP contribution in [-0.4, -0.2) is 21.1 Å². The first kappa shape index (κ1) is 16.4. The summed E-state index contributed by atoms with van der Waals surface area (Å²) < 4.78 is 0. The molecule has 0 radical (unpaired) electrons. The lowest BCUT2D eigenvalue weighted by atomic mass is 10.2. The molecule has 0 atom stereocenters. The van der Waals surface area contributed by atoms with Gasteiger partial charge in [-0.15, -0.1) is 5.10 Å². The minimum absolute atomic E-state index is 0.123. The number of amides is 1. The molecule has 7 nitrogen and oxygen atoms in total. The first-order valence-electron chi connectivity index (χ1n) is 7.81. The van der Waals surface area contributed by atoms with Crippen molar-refractivity contribution in [3.63, 3.8) is 0 Å². The second-order valence-electron chi connectivity index (χ2n) is 5.39. The third-order valence-electron chi connectivity index (χ3n) is 3.31. The van der Waals surface area contributed by atoms with Crippen LogP contribution >= 0.6 is 0 Å². The van der Waals surface area contributed by atoms with Crippen molar-refractivity contribution >= 4 is 29.0 Å². The number of hydrogen-bond donors (Lipinski definition) is 3. The van der Waals surface area contributed by atoms with Crippen LogP contribution in [0, 0.1) is 0 Å². The van der Waals surface area contributed by atoms with Crippen molar-refractivity contribution in [2.45, 2.75) is 13.5 Å². The molecule has 3 rings (SSSR count). The van der Waals surface area contributed by atoms with Gasteiger partial charge in [0.1, 0.15) is 0 Å². The molecule has 126 valence electrons. The number of hydrogen-bond acceptors (Lipinski definition) is 6. The Hall–Kier alpha value is -3.48. The minimum Gasteiger partial charge on any atom is -0.365 e. The van der Waals surface area contributed by atoms with Crippen molar-refractivity contribution in [2.75, 3.05) is 16.0 Å². The highest BCUT2D eigenvalue weighted by Crippen LogP contribution is 2.18. The molecule has 0 aliphatic rings. The molecule has 3 N–H and O–H groups in total. The fourth-order valence-corrected chi connectivity index (χ4v) is 2.24. The quantitative estimate of drug-likeness (QED) is 0.641. The summed E-state index contributed by atoms with van der Waals surface area (Å²) in [6.45, 7) is 2.12. The van der Waals surface area contributed by atoms with E-state index in [0.717, 1.165) is 11.3 Å². The topological polar surface area (TPSA) is 91.8 Å². The molecule has 7 heteroatoms. The molecule has 0 aliphatic carbocycles. The Morgan fingerprint density at radius 3 is 2.64 bits per heavy atom. The van der Waals surface area contributed by atoms with Gasteiger partial charge in [-0.2, -0.15) is 10.1 Å². The molecule has 0 fully saturated rings. The first-order valence-corrected chi connectivity index (χ1v) is 7.81. The van der Waals surface area contributed by atoms with Gasteiger partial charge in [0.05, 0.1) is 6.20 Å². The number of anilines is 4. The molecule has 0 unspecified atom stereocenters. The van der Waals surface area contributed by atoms with Gasteiger partial charge >= 0.3 is 0 Å². The Kier molecular flexibility index (Phi) is 5.16. The number of nitrogens with zero attached hydrogens (tertiary/aromatic N) is 3. The van der Waals surface area contributed by atoms with E-state index in [1.165, 1.54) is 6.92 Å². The molecule has 0 bridgehead atoms. The molecule has 25 heavy (non-hydrogen) atoms. The van der Waals surface area contributed by atoms with Crippen LogP contribution in [0.25, 0.3) is 0 Å². The second-order valence-corrected chi connectivity index (χ2v) is 5.39. The normalized spacial score (nSPS) is 10.1. The van der Waals surface area contributed by atoms with Gasteiger partial charge in [0.25, 0.3) is 0 Å². The van der Waals surface area contributed by atoms with Gasteiger partial charge in [0.2, 0.25) is 11.9 Å². The van der Waals surface area contributed by atoms with Gasteiger partial charge in [0, 0.05) is 24.8 Å². The minimum atomic E-state index is -0.123. The molecule has 1 aromatic heterocycles. The highest BCUT2D eigenvalue weighted by Gasteiger charge is 2.03. The predicted octanol–water partition coefficient (Wildman–Crippen LogP) is 3.19. The standard InChI is InChI=1S/C18H18N6O/c1-13(25)21-15-8-5-9-16(10-15)22-18-23-17(12-20-24-18)19-11-14-6-3-2-4-7-14/h2-10,12H,11H2,1H3,(H,21,25)(H2,19,22,23,24). The summed E-state index contributed by atoms with van der Waals surface area (Å²) in [5.41, 5.74) is 2.61. The van der Waals surface area contributed by atoms with Crippen molar-refractivity contribution in [3.8, 4) is 0 Å². The van der Waals surface area contributed by atoms with Crippen LogP contribution in [0.3, 0.4) is 0 Å². The van der Waals surface area contributed by atoms with Gasteiger partial charge in [-0.1, -0.05) is 36.4 Å². The maximum atomic E-state index is 11.1. The summed E-state index contributed by atoms with van der Waals surface area (Å²) >= 11 is 0. The monoisotopic (exact) mass is 334 g/mol. The first-order chi connectivity index (χ1) is 12.2. The van der Waals surface area contributed by atoms with Crippen LogP contribution in [0.5, 0.6) is 0 Å². The molecule has 3 aromatic rings. The van der Waals surface area contributed by atoms with E-state index in [-0.39, 0.29) is 5.91 Å². The lowest BCUT2D eigenvalue weighted by Crippen LogP contribution is -2.07. The summed E-state index contributed by atoms with van der Waals surface area (Å²) in [7, 11) is 0. The average Bonchev–Trinajstić information content (AvgIpc) is 2.61. The Bertz CT molecular complexity index is 853. The van der Waals surface area contributed by atoms with Gasteiger partial charge < -0.3 is 16.0 Å². The van der Waals surface area contributed by atoms with Crippen LogP contribution in [0.15, 0.2) is 60.8 Å². The van der Waals surface area contributed by atoms with Crippen LogP contribution in [0.1, 0.15) is 12.5 Å². The third-order valence-corrected chi connectivity index (χ3v) is 3.31. The highest BCUT2D eigenvalue weighted by atomic mass is 16.1. The van der Waals surface area contributed by atoms with Crippen molar-refractivity contribution in [2.24, 2.45) is 0 Å². The zero-order valence-corrected chi connectivity index (χ0v) is 13.7. The van der Waals surface area contributed by atoms with E-state index in [9.17, 15) is 4.79 Å². The van der Waals surface area contributed by atoms with Crippen LogP contribution in [0.4, 0.5) is 23.1 Å². The number of carbonyl (C=O) groups is 1. The second kappa shape index (κ2) is 7.87. The molecule has 0 spiro atoms. The van der Waals surface area contributed by atoms with E-state index in [1.807, 2.05) is 48.5 Å². The summed E-state index contributed by atoms with van der Waals surface area (Å²) in [6, 6.07) is 17.3. The van der Waals surface area contributed by atoms with Crippen LogP contribution in [-0.2, 0) is 11.3 Å². The van der Waals surface area contributed by atoms with E-state index >= 15 is 0 Å². The van der Waals surface area contributed by atoms with E-state index in [4.69, 9.17) is 0 Å². The largest absolute Gasteiger partial charge is 0.365 e. The molecule has 2 aromatic carbocycles. The van der Waals surface area contributed by atoms with E-state index in [1.54, 1.807) is 12.3 Å². The fraction of sp³-hybridized carbons (Fsp3) is 0.111. The highest BCUT2D eigenvalue weighted by molar-refractivity contribution is 5.89. The number of nitrogens with one attached hydrogen (secondary N) is 3. The number of benzene rings is 2. The molecule has 1 heterocycles. The zero-order valence-electron chi connectivity index (χ0n) is 13.7. The fourth-order valence-electron chi connectivity index (χ4n) is 2.24. The van der Waals surface area contributed by atoms with Crippen molar-refractivity contribution in [1.82, 2.24) is 15.2 Å². The summed E-state index contributed by atoms with van der Waals surface area (Å²) in [6.07, 6.45) is 1.57. The van der Waals surface area contributed by atoms with Gasteiger partial charge in [-0.05, 0) is 23.8 Å². The van der Waals surface area contributed by atoms with Gasteiger partial charge in [-0.3, -0.25) is 4.79 Å². The molecule has 0 aliphatic heterocycles. The Labute approximate surface area is 145 Å². The Balaban J connectivity index is 1.66. The molecule has 1 amide bonds. The zero-order chi connectivity index (χ0) is 17.5. The van der Waals surface area contributed by atoms with Crippen molar-refractivity contribution in [1.29, 1.82) is 0 Å². The maximum Gasteiger partial charge on any atom is 0.249 e. The summed E-state index contributed by atoms with van der Waals surface area (Å²) in [4.78, 5) is 15.5. The van der Waals surface area contributed by atoms with Crippen LogP contribution < -0.4 is 16.0 Å². The van der Waals surface area contributed by atoms with Gasteiger partial charge in [-0.25, -0.2) is 0 Å². The average molecular weight is 334 g/mol. The summed E-state index contributed by atoms with van der Waals surface area (Å²) in [5, 5.41) is 17.0.